The van der Waals surface area contributed by atoms with Crippen LogP contribution in [0.15, 0.2) is 47.6 Å². The number of nitrogens with zero attached hydrogens (tertiary/aromatic N) is 5. The third-order valence-electron chi connectivity index (χ3n) is 9.74. The van der Waals surface area contributed by atoms with Gasteiger partial charge in [0.05, 0.1) is 18.9 Å². The molecule has 4 saturated carbocycles. The van der Waals surface area contributed by atoms with Gasteiger partial charge in [-0.25, -0.2) is 13.5 Å². The number of para-hydroxylation sites is 1. The molecule has 4 bridgehead atoms. The molecule has 5 aliphatic rings. The van der Waals surface area contributed by atoms with E-state index in [1.165, 1.54) is 43.7 Å². The van der Waals surface area contributed by atoms with Crippen LogP contribution in [0.25, 0.3) is 0 Å². The van der Waals surface area contributed by atoms with Gasteiger partial charge in [0.25, 0.3) is 0 Å². The molecule has 1 unspecified atom stereocenters. The van der Waals surface area contributed by atoms with E-state index in [4.69, 9.17) is 27.2 Å². The van der Waals surface area contributed by atoms with Crippen molar-refractivity contribution in [3.05, 3.63) is 75.8 Å². The van der Waals surface area contributed by atoms with Gasteiger partial charge < -0.3 is 10.1 Å². The number of benzene rings is 2. The summed E-state index contributed by atoms with van der Waals surface area (Å²) in [6, 6.07) is 11.8. The van der Waals surface area contributed by atoms with Crippen molar-refractivity contribution < 1.29 is 13.5 Å². The molecule has 1 aliphatic heterocycles. The van der Waals surface area contributed by atoms with Gasteiger partial charge in [0, 0.05) is 37.2 Å². The summed E-state index contributed by atoms with van der Waals surface area (Å²) < 4.78 is 39.1. The summed E-state index contributed by atoms with van der Waals surface area (Å²) in [7, 11) is 1.68. The second-order valence-corrected chi connectivity index (χ2v) is 12.7. The number of piperazine rings is 1. The zero-order valence-corrected chi connectivity index (χ0v) is 24.1. The minimum Gasteiger partial charge on any atom is -0.496 e. The van der Waals surface area contributed by atoms with Gasteiger partial charge in [-0.2, -0.15) is 14.9 Å². The van der Waals surface area contributed by atoms with Crippen LogP contribution >= 0.6 is 12.2 Å². The Kier molecular flexibility index (Phi) is 7.03. The minimum absolute atomic E-state index is 0.145. The number of nitrogens with one attached hydrogen (secondary N) is 1. The summed E-state index contributed by atoms with van der Waals surface area (Å²) in [4.78, 5) is 2.37. The number of hydrogen-bond donors (Lipinski definition) is 1. The van der Waals surface area contributed by atoms with Gasteiger partial charge in [0.15, 0.2) is 5.82 Å². The summed E-state index contributed by atoms with van der Waals surface area (Å²) >= 11 is 6.15. The maximum Gasteiger partial charge on any atom is 0.221 e. The largest absolute Gasteiger partial charge is 0.496 e. The molecule has 1 aromatic heterocycles. The Balaban J connectivity index is 1.41. The highest BCUT2D eigenvalue weighted by Gasteiger charge is 2.54. The molecule has 10 heteroatoms. The smallest absolute Gasteiger partial charge is 0.221 e. The number of halogens is 2. The molecule has 3 aromatic rings. The molecule has 216 valence electrons. The van der Waals surface area contributed by atoms with Gasteiger partial charge in [-0.1, -0.05) is 24.3 Å². The first-order chi connectivity index (χ1) is 20.0. The topological polar surface area (TPSA) is 59.6 Å². The van der Waals surface area contributed by atoms with Crippen molar-refractivity contribution >= 4 is 18.4 Å². The lowest BCUT2D eigenvalue weighted by Gasteiger charge is -2.55. The molecule has 4 aliphatic carbocycles. The maximum absolute atomic E-state index is 14.6. The standard InChI is InChI=1S/C31H36F2N6OS/c1-40-27-8-3-2-5-23(27)28(37-11-9-34-10-12-37)38-30(41)39(35-19-24-25(32)6-4-7-26(24)33)29(36-38)31-16-20-13-21(17-31)15-22(14-20)18-31/h2-8,19-22,28,34H,9-18H2,1H3. The molecule has 0 spiro atoms. The normalized spacial score (nSPS) is 28.4. The molecular weight excluding hydrogens is 542 g/mol. The van der Waals surface area contributed by atoms with Crippen molar-refractivity contribution in [3.63, 3.8) is 0 Å². The minimum atomic E-state index is -0.656. The summed E-state index contributed by atoms with van der Waals surface area (Å²) in [6.07, 6.45) is 7.98. The Hall–Kier alpha value is -2.95. The van der Waals surface area contributed by atoms with E-state index in [1.807, 2.05) is 22.9 Å². The Labute approximate surface area is 244 Å². The fourth-order valence-electron chi connectivity index (χ4n) is 8.39. The van der Waals surface area contributed by atoms with E-state index in [-0.39, 0.29) is 17.1 Å². The summed E-state index contributed by atoms with van der Waals surface area (Å²) in [5, 5.41) is 13.5. The van der Waals surface area contributed by atoms with E-state index >= 15 is 0 Å². The lowest BCUT2D eigenvalue weighted by molar-refractivity contribution is -0.0113. The van der Waals surface area contributed by atoms with Crippen LogP contribution in [-0.4, -0.2) is 58.9 Å². The van der Waals surface area contributed by atoms with Gasteiger partial charge >= 0.3 is 0 Å². The first kappa shape index (κ1) is 26.9. The van der Waals surface area contributed by atoms with Crippen LogP contribution in [0.2, 0.25) is 0 Å². The van der Waals surface area contributed by atoms with Gasteiger partial charge in [0.2, 0.25) is 4.77 Å². The molecule has 2 aromatic carbocycles. The summed E-state index contributed by atoms with van der Waals surface area (Å²) in [6.45, 7) is 3.33. The highest BCUT2D eigenvalue weighted by molar-refractivity contribution is 7.71. The highest BCUT2D eigenvalue weighted by Crippen LogP contribution is 2.60. The van der Waals surface area contributed by atoms with Crippen LogP contribution in [0.4, 0.5) is 8.78 Å². The fourth-order valence-corrected chi connectivity index (χ4v) is 8.67. The highest BCUT2D eigenvalue weighted by atomic mass is 32.1. The van der Waals surface area contributed by atoms with E-state index < -0.39 is 11.6 Å². The van der Waals surface area contributed by atoms with Gasteiger partial charge in [0.1, 0.15) is 23.5 Å². The molecular formula is C31H36F2N6OS. The van der Waals surface area contributed by atoms with Crippen molar-refractivity contribution in [3.8, 4) is 5.75 Å². The number of rotatable bonds is 7. The molecule has 1 atom stereocenters. The van der Waals surface area contributed by atoms with E-state index in [9.17, 15) is 8.78 Å². The quantitative estimate of drug-likeness (QED) is 0.296. The van der Waals surface area contributed by atoms with Crippen molar-refractivity contribution in [1.29, 1.82) is 0 Å². The maximum atomic E-state index is 14.6. The van der Waals surface area contributed by atoms with E-state index in [0.29, 0.717) is 22.5 Å². The SMILES string of the molecule is COc1ccccc1C(N1CCNCC1)n1nc(C23CC4CC(CC(C4)C2)C3)n(N=Cc2c(F)cccc2F)c1=S. The lowest BCUT2D eigenvalue weighted by Crippen LogP contribution is -2.50. The van der Waals surface area contributed by atoms with Crippen molar-refractivity contribution in [2.75, 3.05) is 33.3 Å². The molecule has 1 N–H and O–H groups in total. The van der Waals surface area contributed by atoms with E-state index in [1.54, 1.807) is 11.8 Å². The molecule has 2 heterocycles. The van der Waals surface area contributed by atoms with Crippen molar-refractivity contribution in [1.82, 2.24) is 24.7 Å². The van der Waals surface area contributed by atoms with Gasteiger partial charge in [-0.3, -0.25) is 4.90 Å². The third kappa shape index (κ3) is 4.73. The molecule has 0 amide bonds. The first-order valence-electron chi connectivity index (χ1n) is 14.7. The Morgan fingerprint density at radius 1 is 1.00 bits per heavy atom. The van der Waals surface area contributed by atoms with Crippen LogP contribution in [-0.2, 0) is 5.41 Å². The van der Waals surface area contributed by atoms with E-state index in [2.05, 4.69) is 16.3 Å². The van der Waals surface area contributed by atoms with Crippen molar-refractivity contribution in [2.24, 2.45) is 22.9 Å². The van der Waals surface area contributed by atoms with Crippen LogP contribution in [0, 0.1) is 34.2 Å². The molecule has 1 saturated heterocycles. The average molecular weight is 579 g/mol. The summed E-state index contributed by atoms with van der Waals surface area (Å²) in [5.41, 5.74) is 0.647. The lowest BCUT2D eigenvalue weighted by atomic mass is 9.49. The number of methoxy groups -OCH3 is 1. The number of ether oxygens (including phenoxy) is 1. The Morgan fingerprint density at radius 2 is 1.63 bits per heavy atom. The molecule has 0 radical (unpaired) electrons. The summed E-state index contributed by atoms with van der Waals surface area (Å²) in [5.74, 6) is 2.32. The third-order valence-corrected chi connectivity index (χ3v) is 10.1. The van der Waals surface area contributed by atoms with Crippen LogP contribution in [0.1, 0.15) is 61.6 Å². The number of hydrogen-bond acceptors (Lipinski definition) is 6. The Bertz CT molecular complexity index is 1470. The predicted octanol–water partition coefficient (Wildman–Crippen LogP) is 5.50. The van der Waals surface area contributed by atoms with Crippen molar-refractivity contribution in [2.45, 2.75) is 50.1 Å². The zero-order valence-electron chi connectivity index (χ0n) is 23.3. The van der Waals surface area contributed by atoms with Crippen LogP contribution in [0.3, 0.4) is 0 Å². The average Bonchev–Trinajstić information content (AvgIpc) is 3.29. The molecule has 7 nitrogen and oxygen atoms in total. The second kappa shape index (κ2) is 10.7. The van der Waals surface area contributed by atoms with E-state index in [0.717, 1.165) is 62.6 Å². The van der Waals surface area contributed by atoms with Crippen LogP contribution < -0.4 is 10.1 Å². The monoisotopic (exact) mass is 578 g/mol. The molecule has 5 fully saturated rings. The van der Waals surface area contributed by atoms with Gasteiger partial charge in [-0.15, -0.1) is 0 Å². The molecule has 8 rings (SSSR count). The second-order valence-electron chi connectivity index (χ2n) is 12.3. The fraction of sp³-hybridized carbons (Fsp3) is 0.516. The first-order valence-corrected chi connectivity index (χ1v) is 15.1. The zero-order chi connectivity index (χ0) is 28.1. The van der Waals surface area contributed by atoms with Crippen LogP contribution in [0.5, 0.6) is 5.75 Å². The predicted molar refractivity (Wildman–Crippen MR) is 156 cm³/mol. The van der Waals surface area contributed by atoms with Gasteiger partial charge in [-0.05, 0) is 86.7 Å². The number of aromatic nitrogens is 3. The Morgan fingerprint density at radius 3 is 2.27 bits per heavy atom. The molecule has 41 heavy (non-hydrogen) atoms.